The van der Waals surface area contributed by atoms with Crippen molar-refractivity contribution in [1.29, 1.82) is 0 Å². The number of amides is 2. The quantitative estimate of drug-likeness (QED) is 0.765. The maximum Gasteiger partial charge on any atom is 0.228 e. The Balaban J connectivity index is 1.83. The highest BCUT2D eigenvalue weighted by Gasteiger charge is 2.46. The lowest BCUT2D eigenvalue weighted by Gasteiger charge is -2.36. The average Bonchev–Trinajstić information content (AvgIpc) is 2.97. The van der Waals surface area contributed by atoms with Gasteiger partial charge in [-0.3, -0.25) is 9.59 Å². The molecule has 2 fully saturated rings. The minimum absolute atomic E-state index is 0.00104. The third-order valence-corrected chi connectivity index (χ3v) is 6.92. The summed E-state index contributed by atoms with van der Waals surface area (Å²) >= 11 is 0. The Kier molecular flexibility index (Phi) is 5.58. The van der Waals surface area contributed by atoms with E-state index in [0.29, 0.717) is 32.7 Å². The van der Waals surface area contributed by atoms with E-state index in [-0.39, 0.29) is 24.3 Å². The lowest BCUT2D eigenvalue weighted by Crippen LogP contribution is -2.52. The van der Waals surface area contributed by atoms with E-state index < -0.39 is 15.9 Å². The molecular formula is C19H27N3O4S. The highest BCUT2D eigenvalue weighted by molar-refractivity contribution is 7.88. The van der Waals surface area contributed by atoms with Crippen LogP contribution in [0.4, 0.5) is 0 Å². The van der Waals surface area contributed by atoms with Crippen LogP contribution in [0, 0.1) is 12.8 Å². The number of carbonyl (C=O) groups is 2. The summed E-state index contributed by atoms with van der Waals surface area (Å²) in [6, 6.07) is 7.61. The summed E-state index contributed by atoms with van der Waals surface area (Å²) in [4.78, 5) is 29.3. The van der Waals surface area contributed by atoms with E-state index in [1.807, 2.05) is 38.1 Å². The van der Waals surface area contributed by atoms with E-state index in [4.69, 9.17) is 0 Å². The van der Waals surface area contributed by atoms with Crippen molar-refractivity contribution in [2.75, 3.05) is 39.0 Å². The highest BCUT2D eigenvalue weighted by atomic mass is 32.2. The highest BCUT2D eigenvalue weighted by Crippen LogP contribution is 2.40. The van der Waals surface area contributed by atoms with Crippen LogP contribution >= 0.6 is 0 Å². The Hall–Kier alpha value is -1.93. The second kappa shape index (κ2) is 7.59. The molecule has 1 aromatic carbocycles. The van der Waals surface area contributed by atoms with Crippen molar-refractivity contribution >= 4 is 21.8 Å². The molecule has 0 saturated carbocycles. The molecule has 0 spiro atoms. The van der Waals surface area contributed by atoms with Gasteiger partial charge in [0.25, 0.3) is 0 Å². The molecule has 2 saturated heterocycles. The van der Waals surface area contributed by atoms with Gasteiger partial charge in [-0.2, -0.15) is 4.31 Å². The first kappa shape index (κ1) is 19.8. The fraction of sp³-hybridized carbons (Fsp3) is 0.579. The lowest BCUT2D eigenvalue weighted by molar-refractivity contribution is -0.137. The topological polar surface area (TPSA) is 78.0 Å². The Morgan fingerprint density at radius 3 is 2.33 bits per heavy atom. The molecule has 0 bridgehead atoms. The van der Waals surface area contributed by atoms with E-state index in [2.05, 4.69) is 0 Å². The molecule has 8 heteroatoms. The normalized spacial score (nSPS) is 24.5. The van der Waals surface area contributed by atoms with Crippen LogP contribution in [0.1, 0.15) is 30.5 Å². The van der Waals surface area contributed by atoms with Gasteiger partial charge in [0.1, 0.15) is 0 Å². The van der Waals surface area contributed by atoms with Crippen molar-refractivity contribution < 1.29 is 18.0 Å². The Labute approximate surface area is 161 Å². The zero-order valence-electron chi connectivity index (χ0n) is 16.1. The van der Waals surface area contributed by atoms with Gasteiger partial charge < -0.3 is 9.80 Å². The van der Waals surface area contributed by atoms with Gasteiger partial charge >= 0.3 is 0 Å². The molecule has 0 aliphatic carbocycles. The molecule has 1 aromatic rings. The van der Waals surface area contributed by atoms with E-state index in [9.17, 15) is 18.0 Å². The number of carbonyl (C=O) groups excluding carboxylic acids is 2. The molecule has 2 amide bonds. The molecule has 0 aromatic heterocycles. The van der Waals surface area contributed by atoms with Gasteiger partial charge in [-0.05, 0) is 25.0 Å². The van der Waals surface area contributed by atoms with Gasteiger partial charge in [-0.15, -0.1) is 0 Å². The predicted octanol–water partition coefficient (Wildman–Crippen LogP) is 1.01. The van der Waals surface area contributed by atoms with Crippen LogP contribution in [0.2, 0.25) is 0 Å². The van der Waals surface area contributed by atoms with Crippen LogP contribution in [0.5, 0.6) is 0 Å². The maximum atomic E-state index is 13.2. The molecule has 27 heavy (non-hydrogen) atoms. The summed E-state index contributed by atoms with van der Waals surface area (Å²) in [6.45, 7) is 5.82. The van der Waals surface area contributed by atoms with Crippen molar-refractivity contribution in [3.8, 4) is 0 Å². The molecule has 2 atom stereocenters. The van der Waals surface area contributed by atoms with Crippen molar-refractivity contribution in [3.63, 3.8) is 0 Å². The summed E-state index contributed by atoms with van der Waals surface area (Å²) in [6.07, 6.45) is 1.39. The number of piperazine rings is 1. The summed E-state index contributed by atoms with van der Waals surface area (Å²) in [5.74, 6) is -0.483. The third-order valence-electron chi connectivity index (χ3n) is 5.62. The summed E-state index contributed by atoms with van der Waals surface area (Å²) in [5.41, 5.74) is 2.08. The van der Waals surface area contributed by atoms with E-state index in [0.717, 1.165) is 11.1 Å². The number of sulfonamides is 1. The fourth-order valence-corrected chi connectivity index (χ4v) is 4.99. The molecule has 7 nitrogen and oxygen atoms in total. The molecule has 148 valence electrons. The van der Waals surface area contributed by atoms with Crippen LogP contribution < -0.4 is 0 Å². The Morgan fingerprint density at radius 1 is 1.15 bits per heavy atom. The maximum absolute atomic E-state index is 13.2. The minimum atomic E-state index is -3.24. The van der Waals surface area contributed by atoms with Crippen molar-refractivity contribution in [1.82, 2.24) is 14.1 Å². The first-order chi connectivity index (χ1) is 12.7. The summed E-state index contributed by atoms with van der Waals surface area (Å²) < 4.78 is 24.8. The molecule has 0 radical (unpaired) electrons. The number of aryl methyl sites for hydroxylation is 1. The van der Waals surface area contributed by atoms with Gasteiger partial charge in [0.2, 0.25) is 21.8 Å². The fourth-order valence-electron chi connectivity index (χ4n) is 4.16. The molecule has 0 N–H and O–H groups in total. The van der Waals surface area contributed by atoms with Crippen LogP contribution in [0.25, 0.3) is 0 Å². The monoisotopic (exact) mass is 393 g/mol. The molecule has 2 heterocycles. The van der Waals surface area contributed by atoms with Gasteiger partial charge in [0, 0.05) is 39.1 Å². The van der Waals surface area contributed by atoms with Crippen molar-refractivity contribution in [2.24, 2.45) is 5.92 Å². The van der Waals surface area contributed by atoms with E-state index in [1.165, 1.54) is 10.6 Å². The van der Waals surface area contributed by atoms with Crippen molar-refractivity contribution in [2.45, 2.75) is 26.3 Å². The zero-order chi connectivity index (χ0) is 19.8. The second-order valence-corrected chi connectivity index (χ2v) is 9.26. The zero-order valence-corrected chi connectivity index (χ0v) is 16.9. The number of hydrogen-bond acceptors (Lipinski definition) is 4. The molecule has 2 aliphatic heterocycles. The van der Waals surface area contributed by atoms with E-state index in [1.54, 1.807) is 9.80 Å². The number of hydrogen-bond donors (Lipinski definition) is 0. The first-order valence-electron chi connectivity index (χ1n) is 9.33. The van der Waals surface area contributed by atoms with Crippen LogP contribution in [-0.4, -0.2) is 73.3 Å². The largest absolute Gasteiger partial charge is 0.340 e. The second-order valence-electron chi connectivity index (χ2n) is 7.28. The number of nitrogens with zero attached hydrogens (tertiary/aromatic N) is 3. The number of rotatable bonds is 4. The predicted molar refractivity (Wildman–Crippen MR) is 102 cm³/mol. The van der Waals surface area contributed by atoms with Crippen LogP contribution in [0.3, 0.4) is 0 Å². The standard InChI is InChI=1S/C19H27N3O4S/c1-4-22-17(23)13-16(18(22)15-8-6-5-7-14(15)2)19(24)20-9-11-21(12-10-20)27(3,25)26/h5-8,16,18H,4,9-13H2,1-3H3/t16-,18+/m1/s1. The molecule has 0 unspecified atom stereocenters. The number of likely N-dealkylation sites (tertiary alicyclic amines) is 1. The summed E-state index contributed by atoms with van der Waals surface area (Å²) in [5, 5.41) is 0. The number of benzene rings is 1. The summed E-state index contributed by atoms with van der Waals surface area (Å²) in [7, 11) is -3.24. The third kappa shape index (κ3) is 3.87. The molecule has 3 rings (SSSR count). The van der Waals surface area contributed by atoms with Gasteiger partial charge in [-0.25, -0.2) is 8.42 Å². The van der Waals surface area contributed by atoms with Gasteiger partial charge in [-0.1, -0.05) is 24.3 Å². The van der Waals surface area contributed by atoms with Crippen molar-refractivity contribution in [3.05, 3.63) is 35.4 Å². The lowest BCUT2D eigenvalue weighted by atomic mass is 9.89. The van der Waals surface area contributed by atoms with Gasteiger partial charge in [0.15, 0.2) is 0 Å². The van der Waals surface area contributed by atoms with E-state index >= 15 is 0 Å². The van der Waals surface area contributed by atoms with Gasteiger partial charge in [0.05, 0.1) is 18.2 Å². The first-order valence-corrected chi connectivity index (χ1v) is 11.2. The average molecular weight is 394 g/mol. The Bertz CT molecular complexity index is 831. The minimum Gasteiger partial charge on any atom is -0.340 e. The molecule has 2 aliphatic rings. The SMILES string of the molecule is CCN1C(=O)C[C@@H](C(=O)N2CCN(S(C)(=O)=O)CC2)[C@@H]1c1ccccc1C. The Morgan fingerprint density at radius 2 is 1.78 bits per heavy atom. The molecular weight excluding hydrogens is 366 g/mol. The van der Waals surface area contributed by atoms with Crippen LogP contribution in [-0.2, 0) is 19.6 Å². The smallest absolute Gasteiger partial charge is 0.228 e. The van der Waals surface area contributed by atoms with Crippen LogP contribution in [0.15, 0.2) is 24.3 Å².